The van der Waals surface area contributed by atoms with E-state index < -0.39 is 5.97 Å². The molecule has 8 heteroatoms. The van der Waals surface area contributed by atoms with Crippen LogP contribution in [0, 0.1) is 0 Å². The minimum atomic E-state index is -0.833. The minimum absolute atomic E-state index is 0.288. The van der Waals surface area contributed by atoms with Gasteiger partial charge in [0.15, 0.2) is 11.9 Å². The molecule has 182 valence electrons. The SMILES string of the molecule is CC(=O)O.CCCCCCCCCCCCN=C1NC(=NCc2ccco2)NC(C)(C)N1. The summed E-state index contributed by atoms with van der Waals surface area (Å²) >= 11 is 0. The minimum Gasteiger partial charge on any atom is -0.481 e. The third-order valence-electron chi connectivity index (χ3n) is 4.85. The van der Waals surface area contributed by atoms with Crippen LogP contribution in [0.3, 0.4) is 0 Å². The Bertz CT molecular complexity index is 680. The van der Waals surface area contributed by atoms with Gasteiger partial charge in [-0.1, -0.05) is 64.7 Å². The smallest absolute Gasteiger partial charge is 0.300 e. The van der Waals surface area contributed by atoms with Crippen molar-refractivity contribution in [2.75, 3.05) is 6.54 Å². The summed E-state index contributed by atoms with van der Waals surface area (Å²) in [6.45, 7) is 8.85. The van der Waals surface area contributed by atoms with Crippen LogP contribution in [-0.4, -0.2) is 35.2 Å². The van der Waals surface area contributed by atoms with Gasteiger partial charge in [-0.3, -0.25) is 15.1 Å². The summed E-state index contributed by atoms with van der Waals surface area (Å²) in [5.41, 5.74) is -0.288. The molecule has 0 saturated carbocycles. The highest BCUT2D eigenvalue weighted by atomic mass is 16.4. The molecule has 1 aliphatic rings. The molecule has 32 heavy (non-hydrogen) atoms. The van der Waals surface area contributed by atoms with Gasteiger partial charge >= 0.3 is 0 Å². The van der Waals surface area contributed by atoms with Crippen LogP contribution in [0.25, 0.3) is 0 Å². The number of unbranched alkanes of at least 4 members (excludes halogenated alkanes) is 9. The number of nitrogens with zero attached hydrogens (tertiary/aromatic N) is 2. The second-order valence-corrected chi connectivity index (χ2v) is 8.68. The van der Waals surface area contributed by atoms with Gasteiger partial charge in [0.1, 0.15) is 18.0 Å². The lowest BCUT2D eigenvalue weighted by Gasteiger charge is -2.36. The topological polar surface area (TPSA) is 111 Å². The van der Waals surface area contributed by atoms with E-state index in [1.807, 2.05) is 12.1 Å². The molecule has 1 aromatic rings. The molecule has 0 bridgehead atoms. The number of aliphatic imine (C=N–C) groups is 2. The average molecular weight is 450 g/mol. The van der Waals surface area contributed by atoms with E-state index in [1.165, 1.54) is 57.8 Å². The molecule has 0 amide bonds. The van der Waals surface area contributed by atoms with E-state index in [4.69, 9.17) is 19.3 Å². The molecule has 8 nitrogen and oxygen atoms in total. The number of hydrogen-bond acceptors (Lipinski definition) is 4. The number of rotatable bonds is 13. The van der Waals surface area contributed by atoms with Crippen LogP contribution in [0.5, 0.6) is 0 Å². The fraction of sp³-hybridized carbons (Fsp3) is 0.708. The van der Waals surface area contributed by atoms with Crippen LogP contribution < -0.4 is 16.0 Å². The van der Waals surface area contributed by atoms with Crippen molar-refractivity contribution in [3.63, 3.8) is 0 Å². The van der Waals surface area contributed by atoms with Gasteiger partial charge in [-0.25, -0.2) is 4.99 Å². The number of hydrogen-bond donors (Lipinski definition) is 4. The second-order valence-electron chi connectivity index (χ2n) is 8.68. The molecule has 1 aliphatic heterocycles. The van der Waals surface area contributed by atoms with Crippen LogP contribution in [0.15, 0.2) is 32.8 Å². The van der Waals surface area contributed by atoms with Crippen LogP contribution >= 0.6 is 0 Å². The van der Waals surface area contributed by atoms with Gasteiger partial charge < -0.3 is 20.2 Å². The molecule has 0 aromatic carbocycles. The zero-order chi connectivity index (χ0) is 23.7. The lowest BCUT2D eigenvalue weighted by Crippen LogP contribution is -2.68. The first kappa shape index (κ1) is 27.5. The molecule has 0 radical (unpaired) electrons. The van der Waals surface area contributed by atoms with Crippen LogP contribution in [0.4, 0.5) is 0 Å². The Morgan fingerprint density at radius 2 is 1.50 bits per heavy atom. The van der Waals surface area contributed by atoms with E-state index in [-0.39, 0.29) is 5.66 Å². The second kappa shape index (κ2) is 16.2. The standard InChI is InChI=1S/C22H39N5O.C2H4O2/c1-4-5-6-7-8-9-10-11-12-13-16-23-20-25-21(27-22(2,3)26-20)24-18-19-15-14-17-28-19;1-2(3)4/h14-15,17H,4-13,16,18H2,1-3H3,(H3,23,24,25,26,27);1H3,(H,3,4). The molecule has 0 aliphatic carbocycles. The summed E-state index contributed by atoms with van der Waals surface area (Å²) in [5, 5.41) is 17.4. The molecule has 2 rings (SSSR count). The Hall–Kier alpha value is -2.51. The quantitative estimate of drug-likeness (QED) is 0.315. The number of carboxylic acid groups (broad SMARTS) is 1. The molecule has 0 atom stereocenters. The Morgan fingerprint density at radius 1 is 0.969 bits per heavy atom. The molecule has 1 saturated heterocycles. The van der Waals surface area contributed by atoms with Gasteiger partial charge in [0.05, 0.1) is 6.26 Å². The zero-order valence-corrected chi connectivity index (χ0v) is 20.4. The monoisotopic (exact) mass is 449 g/mol. The summed E-state index contributed by atoms with van der Waals surface area (Å²) in [5.74, 6) is 1.52. The maximum atomic E-state index is 9.00. The van der Waals surface area contributed by atoms with Crippen molar-refractivity contribution in [3.8, 4) is 0 Å². The normalized spacial score (nSPS) is 17.1. The molecule has 0 unspecified atom stereocenters. The number of carboxylic acids is 1. The third kappa shape index (κ3) is 14.5. The van der Waals surface area contributed by atoms with Crippen molar-refractivity contribution in [1.82, 2.24) is 16.0 Å². The summed E-state index contributed by atoms with van der Waals surface area (Å²) in [6.07, 6.45) is 15.1. The first-order valence-electron chi connectivity index (χ1n) is 12.0. The number of nitrogens with one attached hydrogen (secondary N) is 3. The van der Waals surface area contributed by atoms with Crippen molar-refractivity contribution in [2.45, 2.75) is 104 Å². The summed E-state index contributed by atoms with van der Waals surface area (Å²) in [6, 6.07) is 3.80. The fourth-order valence-corrected chi connectivity index (χ4v) is 3.31. The predicted octanol–water partition coefficient (Wildman–Crippen LogP) is 5.02. The summed E-state index contributed by atoms with van der Waals surface area (Å²) < 4.78 is 5.34. The van der Waals surface area contributed by atoms with E-state index in [1.54, 1.807) is 6.26 Å². The van der Waals surface area contributed by atoms with Crippen LogP contribution in [0.2, 0.25) is 0 Å². The first-order valence-corrected chi connectivity index (χ1v) is 12.0. The van der Waals surface area contributed by atoms with E-state index in [0.717, 1.165) is 37.6 Å². The van der Waals surface area contributed by atoms with Crippen LogP contribution in [0.1, 0.15) is 97.7 Å². The molecule has 4 N–H and O–H groups in total. The Labute approximate surface area is 193 Å². The van der Waals surface area contributed by atoms with Crippen molar-refractivity contribution >= 4 is 17.9 Å². The van der Waals surface area contributed by atoms with Crippen molar-refractivity contribution < 1.29 is 14.3 Å². The highest BCUT2D eigenvalue weighted by molar-refractivity contribution is 6.01. The van der Waals surface area contributed by atoms with E-state index in [0.29, 0.717) is 6.54 Å². The Kier molecular flexibility index (Phi) is 13.9. The Balaban J connectivity index is 0.00000118. The Morgan fingerprint density at radius 3 is 2.03 bits per heavy atom. The van der Waals surface area contributed by atoms with E-state index in [2.05, 4.69) is 41.7 Å². The number of aliphatic carboxylic acids is 1. The maximum Gasteiger partial charge on any atom is 0.300 e. The summed E-state index contributed by atoms with van der Waals surface area (Å²) in [4.78, 5) is 18.2. The third-order valence-corrected chi connectivity index (χ3v) is 4.85. The molecular formula is C24H43N5O3. The van der Waals surface area contributed by atoms with Crippen molar-refractivity contribution in [1.29, 1.82) is 0 Å². The van der Waals surface area contributed by atoms with Crippen molar-refractivity contribution in [3.05, 3.63) is 24.2 Å². The number of guanidine groups is 2. The molecule has 0 spiro atoms. The van der Waals surface area contributed by atoms with Gasteiger partial charge in [0, 0.05) is 13.5 Å². The predicted molar refractivity (Wildman–Crippen MR) is 131 cm³/mol. The largest absolute Gasteiger partial charge is 0.481 e. The average Bonchev–Trinajstić information content (AvgIpc) is 3.23. The zero-order valence-electron chi connectivity index (χ0n) is 20.4. The van der Waals surface area contributed by atoms with E-state index in [9.17, 15) is 0 Å². The molecular weight excluding hydrogens is 406 g/mol. The lowest BCUT2D eigenvalue weighted by atomic mass is 10.1. The number of furan rings is 1. The fourth-order valence-electron chi connectivity index (χ4n) is 3.31. The first-order chi connectivity index (χ1) is 15.3. The van der Waals surface area contributed by atoms with Crippen molar-refractivity contribution in [2.24, 2.45) is 9.98 Å². The van der Waals surface area contributed by atoms with E-state index >= 15 is 0 Å². The highest BCUT2D eigenvalue weighted by Gasteiger charge is 2.26. The number of carbonyl (C=O) groups is 1. The van der Waals surface area contributed by atoms with Gasteiger partial charge in [-0.15, -0.1) is 0 Å². The van der Waals surface area contributed by atoms with Gasteiger partial charge in [0.25, 0.3) is 5.97 Å². The van der Waals surface area contributed by atoms with Crippen LogP contribution in [-0.2, 0) is 11.3 Å². The molecule has 1 aromatic heterocycles. The van der Waals surface area contributed by atoms with Gasteiger partial charge in [-0.05, 0) is 32.4 Å². The van der Waals surface area contributed by atoms with Gasteiger partial charge in [-0.2, -0.15) is 0 Å². The lowest BCUT2D eigenvalue weighted by molar-refractivity contribution is -0.134. The van der Waals surface area contributed by atoms with Gasteiger partial charge in [0.2, 0.25) is 0 Å². The highest BCUT2D eigenvalue weighted by Crippen LogP contribution is 2.10. The maximum absolute atomic E-state index is 9.00. The summed E-state index contributed by atoms with van der Waals surface area (Å²) in [7, 11) is 0. The molecule has 1 fully saturated rings. The molecule has 2 heterocycles.